The van der Waals surface area contributed by atoms with Crippen molar-refractivity contribution in [3.05, 3.63) is 41.0 Å². The molecule has 3 amide bonds. The summed E-state index contributed by atoms with van der Waals surface area (Å²) >= 11 is 1.29. The molecule has 2 fully saturated rings. The zero-order chi connectivity index (χ0) is 32.3. The largest absolute Gasteiger partial charge is 0.494 e. The molecule has 0 unspecified atom stereocenters. The van der Waals surface area contributed by atoms with Gasteiger partial charge in [-0.15, -0.1) is 21.5 Å². The molecule has 234 valence electrons. The predicted octanol–water partition coefficient (Wildman–Crippen LogP) is 0.544. The highest BCUT2D eigenvalue weighted by molar-refractivity contribution is 7.17. The lowest BCUT2D eigenvalue weighted by Gasteiger charge is -2.32. The Hall–Kier alpha value is -3.91. The Balaban J connectivity index is 1.38. The van der Waals surface area contributed by atoms with E-state index >= 15 is 0 Å². The molecule has 0 bridgehead atoms. The summed E-state index contributed by atoms with van der Waals surface area (Å²) in [4.78, 5) is 46.1. The highest BCUT2D eigenvalue weighted by Crippen LogP contribution is 2.40. The molecule has 0 saturated heterocycles. The van der Waals surface area contributed by atoms with Crippen molar-refractivity contribution in [2.75, 3.05) is 31.8 Å². The molecular formula is C29H39B3N8O4S. The zero-order valence-corrected chi connectivity index (χ0v) is 27.5. The Morgan fingerprint density at radius 1 is 1.00 bits per heavy atom. The third-order valence-corrected chi connectivity index (χ3v) is 8.94. The second-order valence-corrected chi connectivity index (χ2v) is 14.0. The van der Waals surface area contributed by atoms with E-state index in [1.165, 1.54) is 11.3 Å². The predicted molar refractivity (Wildman–Crippen MR) is 184 cm³/mol. The van der Waals surface area contributed by atoms with Gasteiger partial charge in [-0.25, -0.2) is 4.98 Å². The molecule has 1 aromatic carbocycles. The summed E-state index contributed by atoms with van der Waals surface area (Å²) in [5.41, 5.74) is 1.64. The van der Waals surface area contributed by atoms with Crippen LogP contribution in [0.25, 0.3) is 10.6 Å². The average molecular weight is 628 g/mol. The molecule has 2 saturated carbocycles. The Morgan fingerprint density at radius 3 is 2.38 bits per heavy atom. The lowest BCUT2D eigenvalue weighted by atomic mass is 9.49. The summed E-state index contributed by atoms with van der Waals surface area (Å²) in [5, 5.41) is 20.6. The highest BCUT2D eigenvalue weighted by atomic mass is 32.1. The lowest BCUT2D eigenvalue weighted by Crippen LogP contribution is -2.50. The Kier molecular flexibility index (Phi) is 9.83. The Morgan fingerprint density at radius 2 is 1.73 bits per heavy atom. The number of para-hydroxylation sites is 1. The highest BCUT2D eigenvalue weighted by Gasteiger charge is 2.31. The van der Waals surface area contributed by atoms with E-state index in [0.29, 0.717) is 38.6 Å². The van der Waals surface area contributed by atoms with Gasteiger partial charge in [0.1, 0.15) is 33.4 Å². The van der Waals surface area contributed by atoms with Gasteiger partial charge in [0.15, 0.2) is 17.3 Å². The van der Waals surface area contributed by atoms with Crippen LogP contribution in [0, 0.1) is 5.92 Å². The maximum Gasteiger partial charge on any atom is 0.272 e. The molecule has 2 heterocycles. The number of ether oxygens (including phenoxy) is 1. The van der Waals surface area contributed by atoms with Gasteiger partial charge in [-0.05, 0) is 70.0 Å². The first-order valence-electron chi connectivity index (χ1n) is 15.3. The number of nitrogens with one attached hydrogen (secondary N) is 4. The van der Waals surface area contributed by atoms with Gasteiger partial charge in [-0.1, -0.05) is 6.07 Å². The summed E-state index contributed by atoms with van der Waals surface area (Å²) in [5.74, 6) is 0.0293. The summed E-state index contributed by atoms with van der Waals surface area (Å²) in [6.07, 6.45) is 7.31. The van der Waals surface area contributed by atoms with Crippen LogP contribution in [0.3, 0.4) is 0 Å². The molecular weight excluding hydrogens is 589 g/mol. The average Bonchev–Trinajstić information content (AvgIpc) is 3.73. The number of rotatable bonds is 11. The third kappa shape index (κ3) is 8.23. The molecule has 5 rings (SSSR count). The van der Waals surface area contributed by atoms with Gasteiger partial charge in [-0.3, -0.25) is 14.4 Å². The minimum atomic E-state index is -0.507. The smallest absolute Gasteiger partial charge is 0.272 e. The van der Waals surface area contributed by atoms with E-state index in [9.17, 15) is 14.4 Å². The van der Waals surface area contributed by atoms with E-state index < -0.39 is 11.1 Å². The molecule has 0 spiro atoms. The van der Waals surface area contributed by atoms with Crippen molar-refractivity contribution in [2.24, 2.45) is 5.92 Å². The lowest BCUT2D eigenvalue weighted by molar-refractivity contribution is -0.117. The quantitative estimate of drug-likeness (QED) is 0.223. The van der Waals surface area contributed by atoms with Gasteiger partial charge in [0, 0.05) is 24.1 Å². The summed E-state index contributed by atoms with van der Waals surface area (Å²) < 4.78 is 5.83. The number of benzene rings is 1. The van der Waals surface area contributed by atoms with Gasteiger partial charge in [-0.2, -0.15) is 0 Å². The van der Waals surface area contributed by atoms with Crippen LogP contribution >= 0.6 is 11.3 Å². The van der Waals surface area contributed by atoms with Gasteiger partial charge in [0.05, 0.1) is 30.2 Å². The van der Waals surface area contributed by atoms with Gasteiger partial charge >= 0.3 is 0 Å². The van der Waals surface area contributed by atoms with Crippen molar-refractivity contribution in [2.45, 2.75) is 55.8 Å². The number of anilines is 3. The standard InChI is InChI=1S/C29H39B3N8O4S/c1-40(2)17-11-9-16(10-12-17)34-26(42)21-14-33-28(45-21)18-5-4-6-19(24(18)44-3)35-20-13-22(36-25(41)15-7-8-15)38-39-23(20)27(43)37-29(30,31)32/h4-6,13-17H,7-12,30-32H2,1-3H3,(H,34,42)(H,37,43)(H2,35,36,38,41). The van der Waals surface area contributed by atoms with Crippen LogP contribution in [0.4, 0.5) is 17.2 Å². The van der Waals surface area contributed by atoms with Crippen molar-refractivity contribution in [3.63, 3.8) is 0 Å². The van der Waals surface area contributed by atoms with Crippen LogP contribution in [0.5, 0.6) is 5.75 Å². The number of hydrogen-bond acceptors (Lipinski definition) is 10. The molecule has 2 aliphatic carbocycles. The topological polar surface area (TPSA) is 150 Å². The van der Waals surface area contributed by atoms with Crippen molar-refractivity contribution < 1.29 is 19.1 Å². The fourth-order valence-electron chi connectivity index (χ4n) is 5.35. The van der Waals surface area contributed by atoms with Crippen LogP contribution < -0.4 is 26.0 Å². The number of amides is 3. The number of thiazole rings is 1. The van der Waals surface area contributed by atoms with Crippen molar-refractivity contribution in [1.29, 1.82) is 0 Å². The fraction of sp³-hybridized carbons (Fsp3) is 0.448. The molecule has 0 aliphatic heterocycles. The van der Waals surface area contributed by atoms with Crippen LogP contribution in [-0.4, -0.2) is 99.9 Å². The minimum absolute atomic E-state index is 0.0211. The van der Waals surface area contributed by atoms with E-state index in [0.717, 1.165) is 38.5 Å². The number of carbonyl (C=O) groups is 3. The molecule has 0 radical (unpaired) electrons. The van der Waals surface area contributed by atoms with Crippen molar-refractivity contribution >= 4 is 69.8 Å². The number of hydrogen-bond donors (Lipinski definition) is 4. The second-order valence-electron chi connectivity index (χ2n) is 12.9. The third-order valence-electron chi connectivity index (χ3n) is 7.91. The first kappa shape index (κ1) is 32.5. The summed E-state index contributed by atoms with van der Waals surface area (Å²) in [7, 11) is 11.4. The molecule has 16 heteroatoms. The Labute approximate surface area is 270 Å². The molecule has 3 aromatic rings. The molecule has 4 N–H and O–H groups in total. The minimum Gasteiger partial charge on any atom is -0.494 e. The van der Waals surface area contributed by atoms with Gasteiger partial charge < -0.3 is 30.9 Å². The molecule has 0 atom stereocenters. The SMILES string of the molecule is BC(B)(B)NC(=O)c1nnc(NC(=O)C2CC2)cc1Nc1cccc(-c2ncc(C(=O)NC3CCC(N(C)C)CC3)s2)c1OC. The summed E-state index contributed by atoms with van der Waals surface area (Å²) in [6.45, 7) is 0. The van der Waals surface area contributed by atoms with Crippen LogP contribution in [0.2, 0.25) is 0 Å². The monoisotopic (exact) mass is 628 g/mol. The van der Waals surface area contributed by atoms with E-state index in [-0.39, 0.29) is 35.3 Å². The van der Waals surface area contributed by atoms with Crippen LogP contribution in [0.1, 0.15) is 58.7 Å². The maximum absolute atomic E-state index is 13.2. The number of nitrogens with zero attached hydrogens (tertiary/aromatic N) is 4. The fourth-order valence-corrected chi connectivity index (χ4v) is 6.20. The van der Waals surface area contributed by atoms with Gasteiger partial charge in [0.2, 0.25) is 5.91 Å². The number of methoxy groups -OCH3 is 1. The molecule has 12 nitrogen and oxygen atoms in total. The molecule has 2 aliphatic rings. The van der Waals surface area contributed by atoms with E-state index in [1.54, 1.807) is 19.4 Å². The molecule has 2 aromatic heterocycles. The van der Waals surface area contributed by atoms with Crippen molar-refractivity contribution in [3.8, 4) is 16.3 Å². The first-order chi connectivity index (χ1) is 21.4. The molecule has 45 heavy (non-hydrogen) atoms. The first-order valence-corrected chi connectivity index (χ1v) is 16.1. The second kappa shape index (κ2) is 13.6. The van der Waals surface area contributed by atoms with Crippen molar-refractivity contribution in [1.82, 2.24) is 30.7 Å². The number of carbonyl (C=O) groups excluding carboxylic acids is 3. The Bertz CT molecular complexity index is 1570. The van der Waals surface area contributed by atoms with Gasteiger partial charge in [0.25, 0.3) is 11.8 Å². The van der Waals surface area contributed by atoms with Crippen LogP contribution in [-0.2, 0) is 4.79 Å². The van der Waals surface area contributed by atoms with E-state index in [2.05, 4.69) is 55.4 Å². The number of aromatic nitrogens is 3. The maximum atomic E-state index is 13.2. The zero-order valence-electron chi connectivity index (χ0n) is 26.7. The van der Waals surface area contributed by atoms with Crippen LogP contribution in [0.15, 0.2) is 30.5 Å². The normalized spacial score (nSPS) is 18.2. The summed E-state index contributed by atoms with van der Waals surface area (Å²) in [6, 6.07) is 7.81. The van der Waals surface area contributed by atoms with E-state index in [1.807, 2.05) is 41.7 Å². The van der Waals surface area contributed by atoms with E-state index in [4.69, 9.17) is 4.74 Å².